The third kappa shape index (κ3) is 2.61. The summed E-state index contributed by atoms with van der Waals surface area (Å²) in [5.41, 5.74) is 5.49. The Morgan fingerprint density at radius 3 is 2.11 bits per heavy atom. The molecule has 0 spiro atoms. The van der Waals surface area contributed by atoms with Gasteiger partial charge < -0.3 is 5.73 Å². The lowest BCUT2D eigenvalue weighted by Crippen LogP contribution is -2.30. The third-order valence-corrected chi connectivity index (χ3v) is 1.65. The van der Waals surface area contributed by atoms with Crippen LogP contribution in [0.25, 0.3) is 0 Å². The lowest BCUT2D eigenvalue weighted by molar-refractivity contribution is -0.122. The molecule has 0 aromatic heterocycles. The second-order valence-corrected chi connectivity index (χ2v) is 2.47. The maximum atomic E-state index is 10.9. The van der Waals surface area contributed by atoms with Gasteiger partial charge in [-0.1, -0.05) is 13.8 Å². The quantitative estimate of drug-likeness (QED) is 0.616. The van der Waals surface area contributed by atoms with Crippen LogP contribution in [0.5, 0.6) is 0 Å². The normalized spacial score (nSPS) is 16.9. The number of rotatable bonds is 3. The summed E-state index contributed by atoms with van der Waals surface area (Å²) < 4.78 is 0. The summed E-state index contributed by atoms with van der Waals surface area (Å²) in [5.74, 6) is 0.278. The Bertz CT molecular complexity index is 99.1. The number of hydrogen-bond acceptors (Lipinski definition) is 2. The zero-order chi connectivity index (χ0) is 7.44. The van der Waals surface area contributed by atoms with Crippen LogP contribution >= 0.6 is 0 Å². The highest BCUT2D eigenvalue weighted by Gasteiger charge is 2.13. The molecule has 0 saturated carbocycles. The summed E-state index contributed by atoms with van der Waals surface area (Å²) >= 11 is 0. The van der Waals surface area contributed by atoms with Gasteiger partial charge in [-0.15, -0.1) is 0 Å². The van der Waals surface area contributed by atoms with Crippen LogP contribution in [-0.2, 0) is 4.79 Å². The molecule has 0 rings (SSSR count). The predicted octanol–water partition coefficient (Wildman–Crippen LogP) is 0.949. The molecule has 0 aliphatic heterocycles. The number of ketones is 1. The van der Waals surface area contributed by atoms with Crippen molar-refractivity contribution in [3.8, 4) is 0 Å². The van der Waals surface area contributed by atoms with Crippen LogP contribution in [-0.4, -0.2) is 11.8 Å². The number of nitrogens with two attached hydrogens (primary N) is 1. The summed E-state index contributed by atoms with van der Waals surface area (Å²) in [4.78, 5) is 10.9. The molecule has 2 nitrogen and oxygen atoms in total. The Balaban J connectivity index is 3.72. The summed E-state index contributed by atoms with van der Waals surface area (Å²) in [6.07, 6.45) is 0.600. The first-order valence-corrected chi connectivity index (χ1v) is 3.37. The van der Waals surface area contributed by atoms with Crippen LogP contribution in [0.15, 0.2) is 0 Å². The van der Waals surface area contributed by atoms with Crippen LogP contribution in [0.1, 0.15) is 27.2 Å². The second kappa shape index (κ2) is 3.62. The molecule has 0 aromatic carbocycles. The highest BCUT2D eigenvalue weighted by atomic mass is 16.1. The molecule has 9 heavy (non-hydrogen) atoms. The number of carbonyl (C=O) groups excluding carboxylic acids is 1. The Labute approximate surface area is 56.4 Å². The standard InChI is InChI=1S/C7H15NO/c1-4-7(9)5(2)6(3)8/h5-6H,4,8H2,1-3H3. The van der Waals surface area contributed by atoms with Crippen molar-refractivity contribution in [2.24, 2.45) is 11.7 Å². The van der Waals surface area contributed by atoms with Gasteiger partial charge in [-0.2, -0.15) is 0 Å². The Hall–Kier alpha value is -0.370. The maximum Gasteiger partial charge on any atom is 0.136 e. The van der Waals surface area contributed by atoms with Crippen LogP contribution in [0.2, 0.25) is 0 Å². The predicted molar refractivity (Wildman–Crippen MR) is 38.1 cm³/mol. The number of hydrogen-bond donors (Lipinski definition) is 1. The summed E-state index contributed by atoms with van der Waals surface area (Å²) in [6.45, 7) is 5.59. The molecule has 2 N–H and O–H groups in total. The molecule has 2 atom stereocenters. The lowest BCUT2D eigenvalue weighted by Gasteiger charge is -2.11. The molecule has 0 amide bonds. The van der Waals surface area contributed by atoms with E-state index in [4.69, 9.17) is 5.73 Å². The second-order valence-electron chi connectivity index (χ2n) is 2.47. The molecular formula is C7H15NO. The summed E-state index contributed by atoms with van der Waals surface area (Å²) in [5, 5.41) is 0. The van der Waals surface area contributed by atoms with E-state index in [0.717, 1.165) is 0 Å². The van der Waals surface area contributed by atoms with Crippen molar-refractivity contribution < 1.29 is 4.79 Å². The van der Waals surface area contributed by atoms with Gasteiger partial charge >= 0.3 is 0 Å². The molecule has 2 heteroatoms. The van der Waals surface area contributed by atoms with Crippen molar-refractivity contribution >= 4 is 5.78 Å². The molecule has 0 bridgehead atoms. The topological polar surface area (TPSA) is 43.1 Å². The van der Waals surface area contributed by atoms with E-state index in [1.807, 2.05) is 20.8 Å². The average Bonchev–Trinajstić information content (AvgIpc) is 1.84. The molecule has 54 valence electrons. The van der Waals surface area contributed by atoms with Gasteiger partial charge in [0.1, 0.15) is 5.78 Å². The first kappa shape index (κ1) is 8.63. The molecule has 0 saturated heterocycles. The van der Waals surface area contributed by atoms with Crippen molar-refractivity contribution in [3.63, 3.8) is 0 Å². The molecule has 0 fully saturated rings. The summed E-state index contributed by atoms with van der Waals surface area (Å²) in [7, 11) is 0. The van der Waals surface area contributed by atoms with E-state index in [0.29, 0.717) is 6.42 Å². The van der Waals surface area contributed by atoms with E-state index in [-0.39, 0.29) is 17.7 Å². The van der Waals surface area contributed by atoms with E-state index < -0.39 is 0 Å². The van der Waals surface area contributed by atoms with Gasteiger partial charge in [-0.05, 0) is 6.92 Å². The Morgan fingerprint density at radius 2 is 2.00 bits per heavy atom. The summed E-state index contributed by atoms with van der Waals surface area (Å²) in [6, 6.07) is -0.00236. The first-order chi connectivity index (χ1) is 4.09. The number of carbonyl (C=O) groups is 1. The molecule has 0 aliphatic carbocycles. The Kier molecular flexibility index (Phi) is 3.47. The first-order valence-electron chi connectivity index (χ1n) is 3.37. The number of Topliss-reactive ketones (excluding diaryl/α,β-unsaturated/α-hetero) is 1. The fourth-order valence-corrected chi connectivity index (χ4v) is 0.615. The molecule has 2 unspecified atom stereocenters. The SMILES string of the molecule is CCC(=O)C(C)C(C)N. The highest BCUT2D eigenvalue weighted by molar-refractivity contribution is 5.80. The van der Waals surface area contributed by atoms with Crippen LogP contribution in [0.4, 0.5) is 0 Å². The molecule has 0 aliphatic rings. The Morgan fingerprint density at radius 1 is 1.56 bits per heavy atom. The van der Waals surface area contributed by atoms with Gasteiger partial charge in [-0.3, -0.25) is 4.79 Å². The molecule has 0 aromatic rings. The van der Waals surface area contributed by atoms with E-state index in [2.05, 4.69) is 0 Å². The minimum Gasteiger partial charge on any atom is -0.327 e. The zero-order valence-corrected chi connectivity index (χ0v) is 6.35. The third-order valence-electron chi connectivity index (χ3n) is 1.65. The smallest absolute Gasteiger partial charge is 0.136 e. The fourth-order valence-electron chi connectivity index (χ4n) is 0.615. The highest BCUT2D eigenvalue weighted by Crippen LogP contribution is 2.03. The van der Waals surface area contributed by atoms with E-state index >= 15 is 0 Å². The molecular weight excluding hydrogens is 114 g/mol. The van der Waals surface area contributed by atoms with Crippen molar-refractivity contribution in [3.05, 3.63) is 0 Å². The largest absolute Gasteiger partial charge is 0.327 e. The molecule has 0 heterocycles. The van der Waals surface area contributed by atoms with E-state index in [9.17, 15) is 4.79 Å². The van der Waals surface area contributed by atoms with Gasteiger partial charge in [0, 0.05) is 18.4 Å². The fraction of sp³-hybridized carbons (Fsp3) is 0.857. The van der Waals surface area contributed by atoms with Crippen molar-refractivity contribution in [2.75, 3.05) is 0 Å². The maximum absolute atomic E-state index is 10.9. The van der Waals surface area contributed by atoms with E-state index in [1.54, 1.807) is 0 Å². The van der Waals surface area contributed by atoms with Crippen LogP contribution in [0.3, 0.4) is 0 Å². The van der Waals surface area contributed by atoms with Gasteiger partial charge in [0.05, 0.1) is 0 Å². The molecule has 0 radical (unpaired) electrons. The minimum atomic E-state index is -0.00236. The van der Waals surface area contributed by atoms with E-state index in [1.165, 1.54) is 0 Å². The van der Waals surface area contributed by atoms with Gasteiger partial charge in [-0.25, -0.2) is 0 Å². The minimum absolute atomic E-state index is 0.00236. The monoisotopic (exact) mass is 129 g/mol. The zero-order valence-electron chi connectivity index (χ0n) is 6.35. The van der Waals surface area contributed by atoms with Gasteiger partial charge in [0.2, 0.25) is 0 Å². The van der Waals surface area contributed by atoms with Crippen molar-refractivity contribution in [1.29, 1.82) is 0 Å². The van der Waals surface area contributed by atoms with Crippen molar-refractivity contribution in [2.45, 2.75) is 33.2 Å². The lowest BCUT2D eigenvalue weighted by atomic mass is 9.98. The van der Waals surface area contributed by atoms with Gasteiger partial charge in [0.25, 0.3) is 0 Å². The van der Waals surface area contributed by atoms with Crippen molar-refractivity contribution in [1.82, 2.24) is 0 Å². The van der Waals surface area contributed by atoms with Gasteiger partial charge in [0.15, 0.2) is 0 Å². The average molecular weight is 129 g/mol. The van der Waals surface area contributed by atoms with Crippen LogP contribution in [0, 0.1) is 5.92 Å². The van der Waals surface area contributed by atoms with Crippen LogP contribution < -0.4 is 5.73 Å².